The Kier molecular flexibility index (Phi) is 10.4. The van der Waals surface area contributed by atoms with Gasteiger partial charge in [-0.1, -0.05) is 67.5 Å². The maximum absolute atomic E-state index is 14.6. The SMILES string of the molecule is COc1ccc(-c2nn([C@H]3C[C@H]4C(=O)N[C@]5(C(=O)O)C[C@H]5C=CCCCCC[C@H](NC(=O)OC(C)(C)C)C(=O)N4C3)nc2-c2cccc3ccccc23)cc1. The molecule has 3 N–H and O–H groups in total. The van der Waals surface area contributed by atoms with Crippen molar-refractivity contribution in [3.8, 4) is 28.3 Å². The highest BCUT2D eigenvalue weighted by atomic mass is 16.6. The molecule has 288 valence electrons. The highest BCUT2D eigenvalue weighted by molar-refractivity contribution is 5.99. The van der Waals surface area contributed by atoms with Crippen LogP contribution < -0.4 is 15.4 Å². The Bertz CT molecular complexity index is 2120. The van der Waals surface area contributed by atoms with Gasteiger partial charge in [-0.05, 0) is 81.5 Å². The minimum Gasteiger partial charge on any atom is -0.497 e. The standard InChI is InChI=1S/C42H48N6O7/c1-41(2,3)55-40(53)43-33-18-9-7-5-6-8-15-28-24-42(28,39(51)52)44-37(49)34-23-29(25-47(34)38(33)50)48-45-35(27-19-21-30(54-4)22-20-27)36(46-48)32-17-12-14-26-13-10-11-16-31(26)32/h8,10-17,19-22,28-29,33-34H,5-7,9,18,23-25H2,1-4H3,(H,43,53)(H,44,49)(H,51,52)/t28-,29+,33+,34+,42-/m1/s1. The third kappa shape index (κ3) is 7.92. The zero-order valence-electron chi connectivity index (χ0n) is 31.7. The maximum atomic E-state index is 14.6. The molecule has 0 unspecified atom stereocenters. The van der Waals surface area contributed by atoms with Crippen molar-refractivity contribution in [2.24, 2.45) is 5.92 Å². The zero-order valence-corrected chi connectivity index (χ0v) is 31.7. The Morgan fingerprint density at radius 1 is 0.964 bits per heavy atom. The molecular formula is C42H48N6O7. The summed E-state index contributed by atoms with van der Waals surface area (Å²) in [6, 6.07) is 19.0. The summed E-state index contributed by atoms with van der Waals surface area (Å²) in [7, 11) is 1.60. The average molecular weight is 749 g/mol. The number of carbonyl (C=O) groups excluding carboxylic acids is 3. The molecular weight excluding hydrogens is 700 g/mol. The fourth-order valence-electron chi connectivity index (χ4n) is 7.74. The van der Waals surface area contributed by atoms with E-state index >= 15 is 0 Å². The lowest BCUT2D eigenvalue weighted by atomic mass is 9.99. The van der Waals surface area contributed by atoms with Crippen molar-refractivity contribution in [1.29, 1.82) is 0 Å². The number of hydrogen-bond acceptors (Lipinski definition) is 8. The summed E-state index contributed by atoms with van der Waals surface area (Å²) in [4.78, 5) is 57.6. The summed E-state index contributed by atoms with van der Waals surface area (Å²) < 4.78 is 10.9. The molecule has 4 aromatic rings. The Morgan fingerprint density at radius 3 is 2.45 bits per heavy atom. The van der Waals surface area contributed by atoms with Crippen LogP contribution in [0.3, 0.4) is 0 Å². The van der Waals surface area contributed by atoms with E-state index in [0.717, 1.165) is 41.2 Å². The van der Waals surface area contributed by atoms with Crippen molar-refractivity contribution in [2.45, 2.75) is 95.0 Å². The van der Waals surface area contributed by atoms with Crippen molar-refractivity contribution in [3.05, 3.63) is 78.9 Å². The normalized spacial score (nSPS) is 24.5. The van der Waals surface area contributed by atoms with Crippen molar-refractivity contribution < 1.29 is 33.8 Å². The average Bonchev–Trinajstić information content (AvgIpc) is 3.45. The number of allylic oxidation sites excluding steroid dienone is 1. The Morgan fingerprint density at radius 2 is 1.71 bits per heavy atom. The van der Waals surface area contributed by atoms with Crippen LogP contribution in [-0.4, -0.2) is 85.8 Å². The molecule has 7 rings (SSSR count). The van der Waals surface area contributed by atoms with Crippen molar-refractivity contribution in [1.82, 2.24) is 30.5 Å². The van der Waals surface area contributed by atoms with E-state index in [1.807, 2.05) is 78.9 Å². The number of amides is 3. The molecule has 2 fully saturated rings. The first-order valence-corrected chi connectivity index (χ1v) is 19.0. The van der Waals surface area contributed by atoms with E-state index in [0.29, 0.717) is 30.0 Å². The molecule has 0 spiro atoms. The molecule has 0 radical (unpaired) electrons. The third-order valence-electron chi connectivity index (χ3n) is 10.7. The lowest BCUT2D eigenvalue weighted by Gasteiger charge is -2.30. The fraction of sp³-hybridized carbons (Fsp3) is 0.429. The Balaban J connectivity index is 1.28. The molecule has 3 aromatic carbocycles. The van der Waals surface area contributed by atoms with Crippen LogP contribution in [0.15, 0.2) is 78.9 Å². The van der Waals surface area contributed by atoms with Crippen molar-refractivity contribution in [2.75, 3.05) is 13.7 Å². The first kappa shape index (κ1) is 37.6. The predicted molar refractivity (Wildman–Crippen MR) is 206 cm³/mol. The first-order chi connectivity index (χ1) is 26.4. The van der Waals surface area contributed by atoms with Crippen molar-refractivity contribution >= 4 is 34.6 Å². The molecule has 3 heterocycles. The minimum atomic E-state index is -1.46. The van der Waals surface area contributed by atoms with E-state index in [9.17, 15) is 24.3 Å². The van der Waals surface area contributed by atoms with Crippen LogP contribution in [0.5, 0.6) is 5.75 Å². The number of aromatic nitrogens is 3. The number of alkyl carbamates (subject to hydrolysis) is 1. The topological polar surface area (TPSA) is 165 Å². The number of aliphatic carboxylic acids is 1. The van der Waals surface area contributed by atoms with E-state index in [-0.39, 0.29) is 25.3 Å². The molecule has 1 saturated heterocycles. The number of carboxylic acids is 1. The van der Waals surface area contributed by atoms with Gasteiger partial charge in [-0.25, -0.2) is 9.59 Å². The number of benzene rings is 3. The molecule has 1 aromatic heterocycles. The number of nitrogens with zero attached hydrogens (tertiary/aromatic N) is 4. The minimum absolute atomic E-state index is 0.0541. The molecule has 1 saturated carbocycles. The summed E-state index contributed by atoms with van der Waals surface area (Å²) >= 11 is 0. The number of nitrogens with one attached hydrogen (secondary N) is 2. The van der Waals surface area contributed by atoms with E-state index in [1.165, 1.54) is 4.90 Å². The number of rotatable bonds is 6. The van der Waals surface area contributed by atoms with Gasteiger partial charge < -0.3 is 30.1 Å². The zero-order chi connectivity index (χ0) is 38.9. The largest absolute Gasteiger partial charge is 0.497 e. The molecule has 5 atom stereocenters. The third-order valence-corrected chi connectivity index (χ3v) is 10.7. The highest BCUT2D eigenvalue weighted by Gasteiger charge is 2.61. The van der Waals surface area contributed by atoms with Crippen LogP contribution >= 0.6 is 0 Å². The number of fused-ring (bicyclic) bond motifs is 3. The fourth-order valence-corrected chi connectivity index (χ4v) is 7.74. The summed E-state index contributed by atoms with van der Waals surface area (Å²) in [5.41, 5.74) is 0.665. The second kappa shape index (κ2) is 15.2. The van der Waals surface area contributed by atoms with Gasteiger partial charge in [0.15, 0.2) is 0 Å². The van der Waals surface area contributed by atoms with Gasteiger partial charge in [-0.2, -0.15) is 15.0 Å². The summed E-state index contributed by atoms with van der Waals surface area (Å²) in [5.74, 6) is -1.80. The Labute approximate surface area is 320 Å². The number of hydrogen-bond donors (Lipinski definition) is 3. The number of carbonyl (C=O) groups is 4. The van der Waals surface area contributed by atoms with E-state index in [4.69, 9.17) is 19.7 Å². The molecule has 3 aliphatic rings. The van der Waals surface area contributed by atoms with Gasteiger partial charge in [0.1, 0.15) is 40.4 Å². The van der Waals surface area contributed by atoms with Crippen LogP contribution in [0.4, 0.5) is 4.79 Å². The van der Waals surface area contributed by atoms with Gasteiger partial charge in [-0.3, -0.25) is 9.59 Å². The molecule has 55 heavy (non-hydrogen) atoms. The van der Waals surface area contributed by atoms with E-state index < -0.39 is 53.1 Å². The van der Waals surface area contributed by atoms with Gasteiger partial charge in [0.2, 0.25) is 11.8 Å². The van der Waals surface area contributed by atoms with Crippen LogP contribution in [0.25, 0.3) is 33.3 Å². The lowest BCUT2D eigenvalue weighted by molar-refractivity contribution is -0.145. The van der Waals surface area contributed by atoms with Gasteiger partial charge in [0.25, 0.3) is 0 Å². The highest BCUT2D eigenvalue weighted by Crippen LogP contribution is 2.46. The molecule has 13 heteroatoms. The Hall–Kier alpha value is -5.72. The van der Waals surface area contributed by atoms with E-state index in [1.54, 1.807) is 32.7 Å². The predicted octanol–water partition coefficient (Wildman–Crippen LogP) is 6.29. The second-order valence-electron chi connectivity index (χ2n) is 15.7. The van der Waals surface area contributed by atoms with Gasteiger partial charge >= 0.3 is 12.1 Å². The molecule has 13 nitrogen and oxygen atoms in total. The summed E-state index contributed by atoms with van der Waals surface area (Å²) in [5, 5.41) is 28.0. The van der Waals surface area contributed by atoms with Gasteiger partial charge in [0, 0.05) is 30.0 Å². The van der Waals surface area contributed by atoms with Crippen LogP contribution in [0.1, 0.15) is 71.8 Å². The lowest BCUT2D eigenvalue weighted by Crippen LogP contribution is -2.56. The van der Waals surface area contributed by atoms with Crippen molar-refractivity contribution in [3.63, 3.8) is 0 Å². The number of methoxy groups -OCH3 is 1. The van der Waals surface area contributed by atoms with E-state index in [2.05, 4.69) is 10.6 Å². The second-order valence-corrected chi connectivity index (χ2v) is 15.7. The molecule has 3 amide bonds. The van der Waals surface area contributed by atoms with Crippen LogP contribution in [-0.2, 0) is 19.1 Å². The maximum Gasteiger partial charge on any atom is 0.408 e. The van der Waals surface area contributed by atoms with Crippen LogP contribution in [0.2, 0.25) is 0 Å². The van der Waals surface area contributed by atoms with Gasteiger partial charge in [0.05, 0.1) is 13.2 Å². The molecule has 1 aliphatic carbocycles. The number of carboxylic acid groups (broad SMARTS) is 1. The monoisotopic (exact) mass is 748 g/mol. The number of ether oxygens (including phenoxy) is 2. The first-order valence-electron chi connectivity index (χ1n) is 19.0. The molecule has 2 aliphatic heterocycles. The summed E-state index contributed by atoms with van der Waals surface area (Å²) in [6.07, 6.45) is 6.86. The summed E-state index contributed by atoms with van der Waals surface area (Å²) in [6.45, 7) is 5.30. The van der Waals surface area contributed by atoms with Gasteiger partial charge in [-0.15, -0.1) is 0 Å². The van der Waals surface area contributed by atoms with Crippen LogP contribution in [0, 0.1) is 5.92 Å². The quantitative estimate of drug-likeness (QED) is 0.192. The molecule has 0 bridgehead atoms. The smallest absolute Gasteiger partial charge is 0.408 e.